The molecule has 2 unspecified atom stereocenters. The van der Waals surface area contributed by atoms with E-state index in [0.29, 0.717) is 5.56 Å². The van der Waals surface area contributed by atoms with Gasteiger partial charge in [0.05, 0.1) is 17.6 Å². The Labute approximate surface area is 194 Å². The van der Waals surface area contributed by atoms with Crippen molar-refractivity contribution in [3.8, 4) is 0 Å². The minimum absolute atomic E-state index is 0.0902. The Balaban J connectivity index is 1.32. The third kappa shape index (κ3) is 2.59. The molecule has 186 valence electrons. The van der Waals surface area contributed by atoms with Crippen molar-refractivity contribution >= 4 is 5.97 Å². The average molecular weight is 480 g/mol. The van der Waals surface area contributed by atoms with Gasteiger partial charge in [0.1, 0.15) is 42.2 Å². The lowest BCUT2D eigenvalue weighted by Crippen LogP contribution is -2.80. The number of carbonyl (C=O) groups is 1. The van der Waals surface area contributed by atoms with Gasteiger partial charge in [-0.3, -0.25) is 0 Å². The molecule has 11 nitrogen and oxygen atoms in total. The fourth-order valence-electron chi connectivity index (χ4n) is 6.87. The number of benzene rings is 1. The smallest absolute Gasteiger partial charge is 0.338 e. The summed E-state index contributed by atoms with van der Waals surface area (Å²) >= 11 is 0. The molecule has 6 bridgehead atoms. The van der Waals surface area contributed by atoms with Crippen LogP contribution in [0.25, 0.3) is 0 Å². The Morgan fingerprint density at radius 1 is 1.12 bits per heavy atom. The molecule has 11 atom stereocenters. The van der Waals surface area contributed by atoms with E-state index in [4.69, 9.17) is 23.7 Å². The highest BCUT2D eigenvalue weighted by Crippen LogP contribution is 2.81. The maximum atomic E-state index is 12.7. The molecule has 5 N–H and O–H groups in total. The van der Waals surface area contributed by atoms with E-state index >= 15 is 0 Å². The third-order valence-corrected chi connectivity index (χ3v) is 8.57. The minimum Gasteiger partial charge on any atom is -0.461 e. The van der Waals surface area contributed by atoms with Crippen molar-refractivity contribution in [3.63, 3.8) is 0 Å². The molecule has 4 saturated heterocycles. The van der Waals surface area contributed by atoms with Crippen LogP contribution >= 0.6 is 0 Å². The lowest BCUT2D eigenvalue weighted by molar-refractivity contribution is -0.424. The van der Waals surface area contributed by atoms with E-state index in [2.05, 4.69) is 0 Å². The highest BCUT2D eigenvalue weighted by molar-refractivity contribution is 5.89. The Kier molecular flexibility index (Phi) is 4.81. The Hall–Kier alpha value is -1.67. The number of hydrogen-bond donors (Lipinski definition) is 5. The fourth-order valence-corrected chi connectivity index (χ4v) is 6.87. The predicted octanol–water partition coefficient (Wildman–Crippen LogP) is -1.36. The van der Waals surface area contributed by atoms with Crippen LogP contribution in [0.5, 0.6) is 0 Å². The first kappa shape index (κ1) is 22.8. The standard InChI is InChI=1S/C23H28O11/c1-20-9-22(29)13-7-23(20,32-18-16(27)15(26)14(25)12(8-24)31-18)21(13,19(33-20)34-22)10-30-17(28)11-5-3-2-4-6-11/h2-6,12-16,18-19,24-27,29H,7-10H2,1H3/t12-,13-,14-,15+,16-,18+,19?,20+,21?,22-,23+/m1/s1. The zero-order valence-electron chi connectivity index (χ0n) is 18.4. The number of esters is 1. The summed E-state index contributed by atoms with van der Waals surface area (Å²) in [6.07, 6.45) is -7.87. The zero-order valence-corrected chi connectivity index (χ0v) is 18.4. The van der Waals surface area contributed by atoms with Crippen LogP contribution in [0.2, 0.25) is 0 Å². The SMILES string of the molecule is C[C@@]12C[C@@]3(O)OC(O1)C1(COC(=O)c4ccccc4)[C@H]3C[C@@]12O[C@@H]1O[C@H](CO)[C@@H](O)[C@H](O)[C@H]1O. The summed E-state index contributed by atoms with van der Waals surface area (Å²) in [5, 5.41) is 51.7. The Bertz CT molecular complexity index is 988. The van der Waals surface area contributed by atoms with Gasteiger partial charge in [0.25, 0.3) is 0 Å². The molecule has 11 heteroatoms. The number of aliphatic hydroxyl groups excluding tert-OH is 4. The number of ether oxygens (including phenoxy) is 5. The number of aliphatic hydroxyl groups is 5. The van der Waals surface area contributed by atoms with Gasteiger partial charge < -0.3 is 49.2 Å². The highest BCUT2D eigenvalue weighted by atomic mass is 16.8. The molecule has 34 heavy (non-hydrogen) atoms. The van der Waals surface area contributed by atoms with Gasteiger partial charge in [0, 0.05) is 12.3 Å². The first-order valence-corrected chi connectivity index (χ1v) is 11.4. The van der Waals surface area contributed by atoms with Crippen molar-refractivity contribution in [1.82, 2.24) is 0 Å². The molecular weight excluding hydrogens is 452 g/mol. The summed E-state index contributed by atoms with van der Waals surface area (Å²) in [5.74, 6) is -2.49. The number of hydrogen-bond acceptors (Lipinski definition) is 11. The summed E-state index contributed by atoms with van der Waals surface area (Å²) in [4.78, 5) is 12.7. The second kappa shape index (κ2) is 7.19. The molecule has 8 rings (SSSR count). The van der Waals surface area contributed by atoms with Crippen LogP contribution in [0, 0.1) is 11.3 Å². The van der Waals surface area contributed by atoms with Crippen molar-refractivity contribution in [2.24, 2.45) is 11.3 Å². The van der Waals surface area contributed by atoms with Crippen molar-refractivity contribution in [3.05, 3.63) is 35.9 Å². The van der Waals surface area contributed by atoms with Crippen molar-refractivity contribution in [2.45, 2.75) is 73.8 Å². The second-order valence-corrected chi connectivity index (χ2v) is 10.2. The summed E-state index contributed by atoms with van der Waals surface area (Å²) < 4.78 is 29.7. The molecule has 4 aliphatic heterocycles. The Morgan fingerprint density at radius 2 is 1.85 bits per heavy atom. The van der Waals surface area contributed by atoms with Crippen LogP contribution in [-0.4, -0.2) is 98.7 Å². The first-order chi connectivity index (χ1) is 16.1. The molecule has 4 heterocycles. The third-order valence-electron chi connectivity index (χ3n) is 8.57. The lowest BCUT2D eigenvalue weighted by atomic mass is 9.41. The molecular formula is C23H28O11. The monoisotopic (exact) mass is 480 g/mol. The fraction of sp³-hybridized carbons (Fsp3) is 0.696. The molecule has 0 radical (unpaired) electrons. The van der Waals surface area contributed by atoms with Crippen LogP contribution in [0.1, 0.15) is 30.1 Å². The predicted molar refractivity (Wildman–Crippen MR) is 109 cm³/mol. The Morgan fingerprint density at radius 3 is 2.56 bits per heavy atom. The summed E-state index contributed by atoms with van der Waals surface area (Å²) in [7, 11) is 0. The molecule has 1 aromatic carbocycles. The average Bonchev–Trinajstić information content (AvgIpc) is 3.00. The molecule has 3 saturated carbocycles. The van der Waals surface area contributed by atoms with Crippen molar-refractivity contribution in [2.75, 3.05) is 13.2 Å². The molecule has 0 amide bonds. The summed E-state index contributed by atoms with van der Waals surface area (Å²) in [6.45, 7) is 0.985. The van der Waals surface area contributed by atoms with Gasteiger partial charge in [0.15, 0.2) is 18.4 Å². The van der Waals surface area contributed by atoms with E-state index in [1.54, 1.807) is 37.3 Å². The second-order valence-electron chi connectivity index (χ2n) is 10.2. The number of rotatable bonds is 6. The summed E-state index contributed by atoms with van der Waals surface area (Å²) in [6, 6.07) is 8.47. The minimum atomic E-state index is -1.61. The van der Waals surface area contributed by atoms with Gasteiger partial charge in [-0.25, -0.2) is 4.79 Å². The molecule has 0 aromatic heterocycles. The lowest BCUT2D eigenvalue weighted by Gasteiger charge is -2.67. The summed E-state index contributed by atoms with van der Waals surface area (Å²) in [5.41, 5.74) is -2.99. The van der Waals surface area contributed by atoms with Gasteiger partial charge >= 0.3 is 5.97 Å². The van der Waals surface area contributed by atoms with E-state index in [1.807, 2.05) is 0 Å². The van der Waals surface area contributed by atoms with E-state index in [-0.39, 0.29) is 19.4 Å². The topological polar surface area (TPSA) is 164 Å². The van der Waals surface area contributed by atoms with Gasteiger partial charge in [-0.05, 0) is 25.5 Å². The van der Waals surface area contributed by atoms with Crippen LogP contribution in [0.3, 0.4) is 0 Å². The van der Waals surface area contributed by atoms with Crippen LogP contribution < -0.4 is 0 Å². The van der Waals surface area contributed by atoms with Gasteiger partial charge in [0.2, 0.25) is 0 Å². The molecule has 7 fully saturated rings. The van der Waals surface area contributed by atoms with Gasteiger partial charge in [-0.2, -0.15) is 0 Å². The first-order valence-electron chi connectivity index (χ1n) is 11.4. The maximum absolute atomic E-state index is 12.7. The van der Waals surface area contributed by atoms with Crippen LogP contribution in [-0.2, 0) is 23.7 Å². The zero-order chi connectivity index (χ0) is 24.1. The normalized spacial score (nSPS) is 52.5. The van der Waals surface area contributed by atoms with Crippen molar-refractivity contribution < 1.29 is 54.0 Å². The highest BCUT2D eigenvalue weighted by Gasteiger charge is 2.94. The van der Waals surface area contributed by atoms with E-state index in [9.17, 15) is 30.3 Å². The van der Waals surface area contributed by atoms with Crippen LogP contribution in [0.4, 0.5) is 0 Å². The maximum Gasteiger partial charge on any atom is 0.338 e. The molecule has 7 aliphatic rings. The largest absolute Gasteiger partial charge is 0.461 e. The van der Waals surface area contributed by atoms with Gasteiger partial charge in [-0.1, -0.05) is 18.2 Å². The number of carbonyl (C=O) groups excluding carboxylic acids is 1. The van der Waals surface area contributed by atoms with Gasteiger partial charge in [-0.15, -0.1) is 0 Å². The van der Waals surface area contributed by atoms with E-state index < -0.39 is 77.9 Å². The van der Waals surface area contributed by atoms with Crippen molar-refractivity contribution in [1.29, 1.82) is 0 Å². The van der Waals surface area contributed by atoms with E-state index in [0.717, 1.165) is 0 Å². The quantitative estimate of drug-likeness (QED) is 0.306. The molecule has 0 spiro atoms. The molecule has 3 aliphatic carbocycles. The van der Waals surface area contributed by atoms with E-state index in [1.165, 1.54) is 0 Å². The molecule has 1 aromatic rings. The van der Waals surface area contributed by atoms with Crippen LogP contribution in [0.15, 0.2) is 30.3 Å².